The third-order valence-corrected chi connectivity index (χ3v) is 5.05. The van der Waals surface area contributed by atoms with Gasteiger partial charge in [0.1, 0.15) is 18.6 Å². The predicted octanol–water partition coefficient (Wildman–Crippen LogP) is 2.18. The summed E-state index contributed by atoms with van der Waals surface area (Å²) in [6.45, 7) is 8.43. The molecule has 2 aromatic carbocycles. The van der Waals surface area contributed by atoms with Gasteiger partial charge in [-0.1, -0.05) is 25.3 Å². The van der Waals surface area contributed by atoms with Crippen LogP contribution in [0.15, 0.2) is 61.7 Å². The lowest BCUT2D eigenvalue weighted by atomic mass is 9.68. The molecule has 33 heavy (non-hydrogen) atoms. The SMILES string of the molecule is C=CC(=O)C(C(=O)C=C)(c1ccc(OCCN)c(OC)c1)c1ccc(OCCN)c(OC)c1. The third kappa shape index (κ3) is 5.08. The van der Waals surface area contributed by atoms with Crippen molar-refractivity contribution in [1.29, 1.82) is 0 Å². The van der Waals surface area contributed by atoms with Crippen molar-refractivity contribution in [3.05, 3.63) is 72.8 Å². The van der Waals surface area contributed by atoms with Crippen molar-refractivity contribution >= 4 is 11.6 Å². The van der Waals surface area contributed by atoms with Crippen LogP contribution in [0.25, 0.3) is 0 Å². The number of ketones is 2. The van der Waals surface area contributed by atoms with Crippen molar-refractivity contribution in [3.8, 4) is 23.0 Å². The van der Waals surface area contributed by atoms with Crippen molar-refractivity contribution < 1.29 is 28.5 Å². The van der Waals surface area contributed by atoms with E-state index in [0.717, 1.165) is 12.2 Å². The van der Waals surface area contributed by atoms with Gasteiger partial charge < -0.3 is 30.4 Å². The van der Waals surface area contributed by atoms with Gasteiger partial charge in [-0.15, -0.1) is 0 Å². The largest absolute Gasteiger partial charge is 0.493 e. The molecule has 0 bridgehead atoms. The maximum atomic E-state index is 13.4. The normalized spacial score (nSPS) is 10.8. The Hall–Kier alpha value is -3.62. The first kappa shape index (κ1) is 25.6. The molecule has 0 saturated heterocycles. The molecule has 0 saturated carbocycles. The van der Waals surface area contributed by atoms with E-state index in [-0.39, 0.29) is 13.2 Å². The molecule has 4 N–H and O–H groups in total. The molecule has 0 aliphatic carbocycles. The lowest BCUT2D eigenvalue weighted by Gasteiger charge is -2.31. The Kier molecular flexibility index (Phi) is 9.20. The van der Waals surface area contributed by atoms with Crippen LogP contribution in [0, 0.1) is 0 Å². The van der Waals surface area contributed by atoms with E-state index in [1.807, 2.05) is 0 Å². The highest BCUT2D eigenvalue weighted by molar-refractivity contribution is 6.22. The summed E-state index contributed by atoms with van der Waals surface area (Å²) in [6, 6.07) is 9.67. The molecule has 8 nitrogen and oxygen atoms in total. The maximum Gasteiger partial charge on any atom is 0.177 e. The van der Waals surface area contributed by atoms with Gasteiger partial charge in [-0.05, 0) is 47.5 Å². The molecule has 0 amide bonds. The number of allylic oxidation sites excluding steroid dienone is 2. The number of hydrogen-bond acceptors (Lipinski definition) is 8. The van der Waals surface area contributed by atoms with Gasteiger partial charge in [0.15, 0.2) is 34.6 Å². The van der Waals surface area contributed by atoms with Crippen LogP contribution in [-0.2, 0) is 15.0 Å². The van der Waals surface area contributed by atoms with E-state index >= 15 is 0 Å². The minimum absolute atomic E-state index is 0.277. The van der Waals surface area contributed by atoms with Crippen LogP contribution in [0.2, 0.25) is 0 Å². The highest BCUT2D eigenvalue weighted by Crippen LogP contribution is 2.42. The summed E-state index contributed by atoms with van der Waals surface area (Å²) in [5.41, 5.74) is 9.98. The van der Waals surface area contributed by atoms with Crippen molar-refractivity contribution in [2.75, 3.05) is 40.5 Å². The number of methoxy groups -OCH3 is 2. The van der Waals surface area contributed by atoms with Crippen LogP contribution < -0.4 is 30.4 Å². The van der Waals surface area contributed by atoms with Gasteiger partial charge in [0.25, 0.3) is 0 Å². The zero-order valence-electron chi connectivity index (χ0n) is 19.0. The van der Waals surface area contributed by atoms with Crippen molar-refractivity contribution in [2.24, 2.45) is 11.5 Å². The molecule has 0 aliphatic heterocycles. The Balaban J connectivity index is 2.81. The van der Waals surface area contributed by atoms with Gasteiger partial charge in [0.05, 0.1) is 14.2 Å². The predicted molar refractivity (Wildman–Crippen MR) is 126 cm³/mol. The molecule has 8 heteroatoms. The number of benzene rings is 2. The first-order chi connectivity index (χ1) is 15.9. The molecule has 176 valence electrons. The number of ether oxygens (including phenoxy) is 4. The second-order valence-corrected chi connectivity index (χ2v) is 6.89. The first-order valence-electron chi connectivity index (χ1n) is 10.3. The van der Waals surface area contributed by atoms with Gasteiger partial charge in [0, 0.05) is 13.1 Å². The Labute approximate surface area is 193 Å². The molecule has 0 atom stereocenters. The topological polar surface area (TPSA) is 123 Å². The summed E-state index contributed by atoms with van der Waals surface area (Å²) in [4.78, 5) is 26.8. The summed E-state index contributed by atoms with van der Waals surface area (Å²) in [6.07, 6.45) is 2.22. The Bertz CT molecular complexity index is 936. The maximum absolute atomic E-state index is 13.4. The van der Waals surface area contributed by atoms with Gasteiger partial charge in [0.2, 0.25) is 0 Å². The summed E-state index contributed by atoms with van der Waals surface area (Å²) in [5, 5.41) is 0. The monoisotopic (exact) mass is 454 g/mol. The Morgan fingerprint density at radius 1 is 0.788 bits per heavy atom. The lowest BCUT2D eigenvalue weighted by Crippen LogP contribution is -2.43. The molecule has 2 rings (SSSR count). The van der Waals surface area contributed by atoms with Crippen LogP contribution in [0.4, 0.5) is 0 Å². The molecular weight excluding hydrogens is 424 g/mol. The van der Waals surface area contributed by atoms with Crippen molar-refractivity contribution in [2.45, 2.75) is 5.41 Å². The van der Waals surface area contributed by atoms with Gasteiger partial charge >= 0.3 is 0 Å². The summed E-state index contributed by atoms with van der Waals surface area (Å²) < 4.78 is 22.1. The molecule has 0 radical (unpaired) electrons. The summed E-state index contributed by atoms with van der Waals surface area (Å²) >= 11 is 0. The molecule has 0 spiro atoms. The highest BCUT2D eigenvalue weighted by Gasteiger charge is 2.47. The molecule has 2 aromatic rings. The molecular formula is C25H30N2O6. The van der Waals surface area contributed by atoms with E-state index in [1.165, 1.54) is 14.2 Å². The molecule has 0 aromatic heterocycles. The minimum atomic E-state index is -1.77. The number of nitrogens with two attached hydrogens (primary N) is 2. The number of carbonyl (C=O) groups is 2. The van der Waals surface area contributed by atoms with Gasteiger partial charge in [-0.2, -0.15) is 0 Å². The zero-order chi connectivity index (χ0) is 24.4. The molecule has 0 fully saturated rings. The fourth-order valence-electron chi connectivity index (χ4n) is 3.54. The second-order valence-electron chi connectivity index (χ2n) is 6.89. The van der Waals surface area contributed by atoms with Crippen molar-refractivity contribution in [3.63, 3.8) is 0 Å². The van der Waals surface area contributed by atoms with E-state index in [1.54, 1.807) is 36.4 Å². The minimum Gasteiger partial charge on any atom is -0.493 e. The number of rotatable bonds is 14. The van der Waals surface area contributed by atoms with Crippen LogP contribution >= 0.6 is 0 Å². The van der Waals surface area contributed by atoms with E-state index < -0.39 is 17.0 Å². The second kappa shape index (κ2) is 11.8. The van der Waals surface area contributed by atoms with E-state index in [4.69, 9.17) is 30.4 Å². The summed E-state index contributed by atoms with van der Waals surface area (Å²) in [5.74, 6) is 0.468. The van der Waals surface area contributed by atoms with Gasteiger partial charge in [-0.3, -0.25) is 9.59 Å². The van der Waals surface area contributed by atoms with Crippen LogP contribution in [-0.4, -0.2) is 52.1 Å². The quantitative estimate of drug-likeness (QED) is 0.329. The van der Waals surface area contributed by atoms with Crippen molar-refractivity contribution in [1.82, 2.24) is 0 Å². The van der Waals surface area contributed by atoms with Crippen LogP contribution in [0.3, 0.4) is 0 Å². The fraction of sp³-hybridized carbons (Fsp3) is 0.280. The lowest BCUT2D eigenvalue weighted by molar-refractivity contribution is -0.127. The Morgan fingerprint density at radius 3 is 1.48 bits per heavy atom. The average Bonchev–Trinajstić information content (AvgIpc) is 2.86. The molecule has 0 heterocycles. The van der Waals surface area contributed by atoms with E-state index in [2.05, 4.69) is 13.2 Å². The van der Waals surface area contributed by atoms with Gasteiger partial charge in [-0.25, -0.2) is 0 Å². The third-order valence-electron chi connectivity index (χ3n) is 5.05. The first-order valence-corrected chi connectivity index (χ1v) is 10.3. The zero-order valence-corrected chi connectivity index (χ0v) is 19.0. The van der Waals surface area contributed by atoms with Crippen LogP contribution in [0.5, 0.6) is 23.0 Å². The molecule has 0 unspecified atom stereocenters. The van der Waals surface area contributed by atoms with Crippen LogP contribution in [0.1, 0.15) is 11.1 Å². The van der Waals surface area contributed by atoms with E-state index in [0.29, 0.717) is 47.2 Å². The fourth-order valence-corrected chi connectivity index (χ4v) is 3.54. The standard InChI is InChI=1S/C25H30N2O6/c1-5-23(28)25(24(29)6-2,17-7-9-19(32-13-11-26)21(15-17)30-3)18-8-10-20(33-14-12-27)22(16-18)31-4/h5-10,15-16H,1-2,11-14,26-27H2,3-4H3. The number of carbonyl (C=O) groups excluding carboxylic acids is 2. The molecule has 0 aliphatic rings. The number of hydrogen-bond donors (Lipinski definition) is 2. The average molecular weight is 455 g/mol. The highest BCUT2D eigenvalue weighted by atomic mass is 16.5. The summed E-state index contributed by atoms with van der Waals surface area (Å²) in [7, 11) is 2.93. The smallest absolute Gasteiger partial charge is 0.177 e. The Morgan fingerprint density at radius 2 is 1.18 bits per heavy atom. The van der Waals surface area contributed by atoms with E-state index in [9.17, 15) is 9.59 Å².